The van der Waals surface area contributed by atoms with Crippen LogP contribution in [0.25, 0.3) is 0 Å². The Morgan fingerprint density at radius 1 is 0.731 bits per heavy atom. The van der Waals surface area contributed by atoms with E-state index in [0.717, 1.165) is 23.0 Å². The second-order valence-corrected chi connectivity index (χ2v) is 6.08. The van der Waals surface area contributed by atoms with Crippen molar-refractivity contribution in [2.45, 2.75) is 0 Å². The standard InChI is InChI=1S/C21H22O5/c1-3-23-17-5-9-19(10-6-17)25-15-21(13-22-14-21)16-26-20-11-7-18(8-12-20)24-4-2/h3-12H,1-2,13-16H2. The van der Waals surface area contributed by atoms with Crippen molar-refractivity contribution in [3.05, 3.63) is 74.2 Å². The van der Waals surface area contributed by atoms with Crippen molar-refractivity contribution in [1.82, 2.24) is 0 Å². The monoisotopic (exact) mass is 354 g/mol. The van der Waals surface area contributed by atoms with E-state index in [0.29, 0.717) is 26.4 Å². The molecule has 1 saturated heterocycles. The highest BCUT2D eigenvalue weighted by Crippen LogP contribution is 2.30. The second kappa shape index (κ2) is 8.45. The Bertz CT molecular complexity index is 658. The molecule has 0 bridgehead atoms. The second-order valence-electron chi connectivity index (χ2n) is 6.08. The zero-order chi connectivity index (χ0) is 18.2. The maximum absolute atomic E-state index is 5.91. The zero-order valence-corrected chi connectivity index (χ0v) is 14.6. The van der Waals surface area contributed by atoms with Crippen LogP contribution in [0.5, 0.6) is 23.0 Å². The molecule has 26 heavy (non-hydrogen) atoms. The van der Waals surface area contributed by atoms with Crippen LogP contribution in [0, 0.1) is 5.41 Å². The lowest BCUT2D eigenvalue weighted by Crippen LogP contribution is -2.51. The summed E-state index contributed by atoms with van der Waals surface area (Å²) in [6.45, 7) is 9.33. The minimum atomic E-state index is -0.146. The molecule has 0 amide bonds. The largest absolute Gasteiger partial charge is 0.493 e. The summed E-state index contributed by atoms with van der Waals surface area (Å²) in [6.07, 6.45) is 2.79. The summed E-state index contributed by atoms with van der Waals surface area (Å²) in [6, 6.07) is 14.8. The summed E-state index contributed by atoms with van der Waals surface area (Å²) < 4.78 is 27.6. The molecule has 0 spiro atoms. The lowest BCUT2D eigenvalue weighted by atomic mass is 9.88. The van der Waals surface area contributed by atoms with Crippen molar-refractivity contribution >= 4 is 0 Å². The summed E-state index contributed by atoms with van der Waals surface area (Å²) in [5.74, 6) is 3.00. The molecule has 0 unspecified atom stereocenters. The summed E-state index contributed by atoms with van der Waals surface area (Å²) >= 11 is 0. The molecule has 0 radical (unpaired) electrons. The highest BCUT2D eigenvalue weighted by atomic mass is 16.5. The van der Waals surface area contributed by atoms with Crippen molar-refractivity contribution in [2.75, 3.05) is 26.4 Å². The Labute approximate surface area is 153 Å². The Hall–Kier alpha value is -2.92. The molecule has 2 aromatic rings. The molecule has 0 atom stereocenters. The van der Waals surface area contributed by atoms with E-state index in [1.54, 1.807) is 0 Å². The van der Waals surface area contributed by atoms with Gasteiger partial charge < -0.3 is 23.7 Å². The minimum absolute atomic E-state index is 0.146. The molecule has 0 N–H and O–H groups in total. The van der Waals surface area contributed by atoms with Crippen LogP contribution in [0.1, 0.15) is 0 Å². The molecule has 1 heterocycles. The van der Waals surface area contributed by atoms with Gasteiger partial charge in [-0.3, -0.25) is 0 Å². The predicted octanol–water partition coefficient (Wildman–Crippen LogP) is 4.21. The molecule has 1 fully saturated rings. The number of hydrogen-bond donors (Lipinski definition) is 0. The fraction of sp³-hybridized carbons (Fsp3) is 0.238. The van der Waals surface area contributed by atoms with Crippen LogP contribution < -0.4 is 18.9 Å². The molecule has 136 valence electrons. The fourth-order valence-corrected chi connectivity index (χ4v) is 2.49. The van der Waals surface area contributed by atoms with E-state index in [1.807, 2.05) is 48.5 Å². The van der Waals surface area contributed by atoms with Gasteiger partial charge in [-0.25, -0.2) is 0 Å². The molecule has 1 aliphatic rings. The first-order chi connectivity index (χ1) is 12.7. The van der Waals surface area contributed by atoms with Gasteiger partial charge in [0.1, 0.15) is 36.2 Å². The maximum atomic E-state index is 5.91. The Morgan fingerprint density at radius 2 is 1.12 bits per heavy atom. The van der Waals surface area contributed by atoms with Gasteiger partial charge in [-0.15, -0.1) is 0 Å². The molecule has 5 nitrogen and oxygen atoms in total. The van der Waals surface area contributed by atoms with Gasteiger partial charge in [-0.1, -0.05) is 13.2 Å². The lowest BCUT2D eigenvalue weighted by Gasteiger charge is -2.40. The van der Waals surface area contributed by atoms with Gasteiger partial charge in [0.15, 0.2) is 0 Å². The van der Waals surface area contributed by atoms with Crippen molar-refractivity contribution in [1.29, 1.82) is 0 Å². The van der Waals surface area contributed by atoms with Crippen molar-refractivity contribution in [3.63, 3.8) is 0 Å². The van der Waals surface area contributed by atoms with Crippen LogP contribution in [0.2, 0.25) is 0 Å². The fourth-order valence-electron chi connectivity index (χ4n) is 2.49. The minimum Gasteiger partial charge on any atom is -0.493 e. The van der Waals surface area contributed by atoms with Gasteiger partial charge in [0.2, 0.25) is 0 Å². The van der Waals surface area contributed by atoms with E-state index < -0.39 is 0 Å². The van der Waals surface area contributed by atoms with Crippen molar-refractivity contribution < 1.29 is 23.7 Å². The number of benzene rings is 2. The molecule has 0 aliphatic carbocycles. The van der Waals surface area contributed by atoms with Gasteiger partial charge >= 0.3 is 0 Å². The summed E-state index contributed by atoms with van der Waals surface area (Å²) in [4.78, 5) is 0. The van der Waals surface area contributed by atoms with Crippen LogP contribution in [0.3, 0.4) is 0 Å². The van der Waals surface area contributed by atoms with Crippen LogP contribution in [0.4, 0.5) is 0 Å². The van der Waals surface area contributed by atoms with E-state index >= 15 is 0 Å². The van der Waals surface area contributed by atoms with Gasteiger partial charge in [0, 0.05) is 0 Å². The van der Waals surface area contributed by atoms with Crippen LogP contribution in [-0.4, -0.2) is 26.4 Å². The first-order valence-corrected chi connectivity index (χ1v) is 8.32. The van der Waals surface area contributed by atoms with Gasteiger partial charge in [0.05, 0.1) is 31.2 Å². The highest BCUT2D eigenvalue weighted by Gasteiger charge is 2.40. The van der Waals surface area contributed by atoms with Crippen molar-refractivity contribution in [3.8, 4) is 23.0 Å². The normalized spacial score (nSPS) is 14.6. The topological polar surface area (TPSA) is 46.2 Å². The average Bonchev–Trinajstić information content (AvgIpc) is 2.64. The summed E-state index contributed by atoms with van der Waals surface area (Å²) in [5, 5.41) is 0. The third kappa shape index (κ3) is 4.58. The number of hydrogen-bond acceptors (Lipinski definition) is 5. The van der Waals surface area contributed by atoms with Gasteiger partial charge in [0.25, 0.3) is 0 Å². The molecule has 3 rings (SSSR count). The summed E-state index contributed by atoms with van der Waals surface area (Å²) in [7, 11) is 0. The molecule has 0 saturated carbocycles. The highest BCUT2D eigenvalue weighted by molar-refractivity contribution is 5.32. The van der Waals surface area contributed by atoms with Crippen LogP contribution in [-0.2, 0) is 4.74 Å². The van der Waals surface area contributed by atoms with Gasteiger partial charge in [-0.05, 0) is 48.5 Å². The van der Waals surface area contributed by atoms with E-state index in [2.05, 4.69) is 13.2 Å². The first-order valence-electron chi connectivity index (χ1n) is 8.32. The first kappa shape index (κ1) is 17.9. The third-order valence-corrected chi connectivity index (χ3v) is 3.99. The van der Waals surface area contributed by atoms with Crippen LogP contribution >= 0.6 is 0 Å². The van der Waals surface area contributed by atoms with E-state index in [9.17, 15) is 0 Å². The smallest absolute Gasteiger partial charge is 0.126 e. The van der Waals surface area contributed by atoms with Crippen molar-refractivity contribution in [2.24, 2.45) is 5.41 Å². The lowest BCUT2D eigenvalue weighted by molar-refractivity contribution is -0.149. The molecular weight excluding hydrogens is 332 g/mol. The van der Waals surface area contributed by atoms with E-state index in [-0.39, 0.29) is 5.41 Å². The Morgan fingerprint density at radius 3 is 1.42 bits per heavy atom. The predicted molar refractivity (Wildman–Crippen MR) is 98.8 cm³/mol. The maximum Gasteiger partial charge on any atom is 0.126 e. The molecule has 5 heteroatoms. The third-order valence-electron chi connectivity index (χ3n) is 3.99. The molecule has 1 aliphatic heterocycles. The molecule has 2 aromatic carbocycles. The SMILES string of the molecule is C=COc1ccc(OCC2(COc3ccc(OC=C)cc3)COC2)cc1. The van der Waals surface area contributed by atoms with E-state index in [4.69, 9.17) is 23.7 Å². The number of ether oxygens (including phenoxy) is 5. The Kier molecular flexibility index (Phi) is 5.81. The number of rotatable bonds is 10. The molecular formula is C21H22O5. The molecule has 0 aromatic heterocycles. The zero-order valence-electron chi connectivity index (χ0n) is 14.6. The Balaban J connectivity index is 1.52. The van der Waals surface area contributed by atoms with Gasteiger partial charge in [-0.2, -0.15) is 0 Å². The van der Waals surface area contributed by atoms with Crippen LogP contribution in [0.15, 0.2) is 74.2 Å². The average molecular weight is 354 g/mol. The van der Waals surface area contributed by atoms with E-state index in [1.165, 1.54) is 12.5 Å². The summed E-state index contributed by atoms with van der Waals surface area (Å²) in [5.41, 5.74) is -0.146. The quantitative estimate of drug-likeness (QED) is 0.598.